The molecule has 2 N–H and O–H groups in total. The van der Waals surface area contributed by atoms with Crippen LogP contribution in [0.2, 0.25) is 0 Å². The Morgan fingerprint density at radius 2 is 1.60 bits per heavy atom. The molecule has 2 amide bonds. The first-order valence-corrected chi connectivity index (χ1v) is 10.8. The first-order chi connectivity index (χ1) is 14.5. The van der Waals surface area contributed by atoms with Crippen molar-refractivity contribution in [1.82, 2.24) is 10.9 Å². The molecule has 30 heavy (non-hydrogen) atoms. The summed E-state index contributed by atoms with van der Waals surface area (Å²) >= 11 is 1.54. The molecule has 0 atom stereocenters. The Balaban J connectivity index is 1.66. The van der Waals surface area contributed by atoms with Crippen LogP contribution in [0.1, 0.15) is 30.6 Å². The Hall–Kier alpha value is -3.00. The fourth-order valence-electron chi connectivity index (χ4n) is 2.63. The molecule has 2 aromatic rings. The minimum Gasteiger partial charge on any atom is -0.455 e. The highest BCUT2D eigenvalue weighted by molar-refractivity contribution is 7.99. The van der Waals surface area contributed by atoms with Gasteiger partial charge in [-0.25, -0.2) is 0 Å². The molecule has 0 fully saturated rings. The maximum atomic E-state index is 12.1. The van der Waals surface area contributed by atoms with Gasteiger partial charge in [0.2, 0.25) is 0 Å². The molecule has 0 bridgehead atoms. The smallest absolute Gasteiger partial charge is 0.307 e. The third-order valence-electron chi connectivity index (χ3n) is 4.26. The molecule has 160 valence electrons. The zero-order valence-electron chi connectivity index (χ0n) is 17.2. The molecular weight excluding hydrogens is 402 g/mol. The second-order valence-electron chi connectivity index (χ2n) is 6.29. The number of hydrogen-bond donors (Lipinski definition) is 2. The molecule has 0 aliphatic heterocycles. The number of amides is 2. The van der Waals surface area contributed by atoms with Crippen LogP contribution in [0.4, 0.5) is 5.69 Å². The molecule has 0 heterocycles. The van der Waals surface area contributed by atoms with Gasteiger partial charge in [-0.3, -0.25) is 25.2 Å². The number of hydrazine groups is 1. The van der Waals surface area contributed by atoms with Gasteiger partial charge in [0.15, 0.2) is 6.61 Å². The van der Waals surface area contributed by atoms with Crippen molar-refractivity contribution in [2.45, 2.75) is 25.2 Å². The lowest BCUT2D eigenvalue weighted by Crippen LogP contribution is -2.43. The number of nitrogens with one attached hydrogen (secondary N) is 2. The molecule has 7 nitrogen and oxygen atoms in total. The molecule has 0 radical (unpaired) electrons. The van der Waals surface area contributed by atoms with Crippen LogP contribution in [0.3, 0.4) is 0 Å². The molecule has 8 heteroatoms. The lowest BCUT2D eigenvalue weighted by Gasteiger charge is -2.21. The molecule has 0 saturated carbocycles. The Labute approximate surface area is 181 Å². The predicted molar refractivity (Wildman–Crippen MR) is 118 cm³/mol. The van der Waals surface area contributed by atoms with Gasteiger partial charge in [0, 0.05) is 35.0 Å². The van der Waals surface area contributed by atoms with E-state index in [1.165, 1.54) is 11.8 Å². The maximum Gasteiger partial charge on any atom is 0.307 e. The number of rotatable bonds is 10. The normalized spacial score (nSPS) is 10.2. The van der Waals surface area contributed by atoms with Crippen LogP contribution in [-0.2, 0) is 14.3 Å². The molecule has 0 aromatic heterocycles. The number of carbonyl (C=O) groups is 3. The third kappa shape index (κ3) is 7.79. The van der Waals surface area contributed by atoms with Gasteiger partial charge in [-0.1, -0.05) is 18.2 Å². The Morgan fingerprint density at radius 1 is 0.933 bits per heavy atom. The monoisotopic (exact) mass is 429 g/mol. The fourth-order valence-corrected chi connectivity index (χ4v) is 3.49. The average molecular weight is 430 g/mol. The van der Waals surface area contributed by atoms with E-state index in [2.05, 4.69) is 29.6 Å². The van der Waals surface area contributed by atoms with Crippen LogP contribution in [0.15, 0.2) is 59.5 Å². The van der Waals surface area contributed by atoms with Gasteiger partial charge < -0.3 is 9.64 Å². The van der Waals surface area contributed by atoms with Gasteiger partial charge in [0.1, 0.15) is 0 Å². The Morgan fingerprint density at radius 3 is 2.23 bits per heavy atom. The van der Waals surface area contributed by atoms with Crippen LogP contribution in [-0.4, -0.2) is 43.2 Å². The molecule has 0 aliphatic rings. The first kappa shape index (κ1) is 23.3. The summed E-state index contributed by atoms with van der Waals surface area (Å²) in [6.07, 6.45) is 0.193. The largest absolute Gasteiger partial charge is 0.455 e. The highest BCUT2D eigenvalue weighted by atomic mass is 32.2. The quantitative estimate of drug-likeness (QED) is 0.343. The first-order valence-electron chi connectivity index (χ1n) is 9.81. The summed E-state index contributed by atoms with van der Waals surface area (Å²) in [5, 5.41) is 0. The lowest BCUT2D eigenvalue weighted by molar-refractivity contribution is -0.148. The second kappa shape index (κ2) is 12.5. The van der Waals surface area contributed by atoms with E-state index >= 15 is 0 Å². The molecule has 0 aliphatic carbocycles. The van der Waals surface area contributed by atoms with Gasteiger partial charge in [-0.15, -0.1) is 11.8 Å². The van der Waals surface area contributed by atoms with Gasteiger partial charge in [0.05, 0.1) is 6.42 Å². The Bertz CT molecular complexity index is 824. The van der Waals surface area contributed by atoms with Crippen molar-refractivity contribution in [3.63, 3.8) is 0 Å². The van der Waals surface area contributed by atoms with E-state index in [0.29, 0.717) is 11.3 Å². The molecule has 0 unspecified atom stereocenters. The number of anilines is 1. The van der Waals surface area contributed by atoms with E-state index < -0.39 is 24.4 Å². The summed E-state index contributed by atoms with van der Waals surface area (Å²) in [5.74, 6) is -0.955. The minimum absolute atomic E-state index is 0.193. The Kier molecular flexibility index (Phi) is 9.73. The summed E-state index contributed by atoms with van der Waals surface area (Å²) in [6.45, 7) is 5.43. The van der Waals surface area contributed by atoms with E-state index in [1.54, 1.807) is 12.1 Å². The zero-order chi connectivity index (χ0) is 21.8. The van der Waals surface area contributed by atoms with Crippen molar-refractivity contribution in [3.05, 3.63) is 60.2 Å². The minimum atomic E-state index is -0.604. The summed E-state index contributed by atoms with van der Waals surface area (Å²) in [5.41, 5.74) is 6.01. The van der Waals surface area contributed by atoms with Crippen LogP contribution in [0.25, 0.3) is 0 Å². The number of ether oxygens (including phenoxy) is 1. The molecular formula is C22H27N3O4S. The second-order valence-corrected chi connectivity index (χ2v) is 7.46. The van der Waals surface area contributed by atoms with Crippen molar-refractivity contribution in [1.29, 1.82) is 0 Å². The van der Waals surface area contributed by atoms with Crippen molar-refractivity contribution < 1.29 is 19.1 Å². The predicted octanol–water partition coefficient (Wildman–Crippen LogP) is 3.02. The highest BCUT2D eigenvalue weighted by Crippen LogP contribution is 2.18. The number of esters is 1. The standard InChI is InChI=1S/C22H27N3O4S/c1-3-25(4-2)18-12-10-17(11-13-18)22(28)24-23-20(26)16-29-21(27)14-15-30-19-8-6-5-7-9-19/h5-13H,3-4,14-16H2,1-2H3,(H,23,26)(H,24,28). The van der Waals surface area contributed by atoms with Crippen molar-refractivity contribution in [2.75, 3.05) is 30.3 Å². The van der Waals surface area contributed by atoms with Gasteiger partial charge >= 0.3 is 5.97 Å². The van der Waals surface area contributed by atoms with Gasteiger partial charge in [-0.2, -0.15) is 0 Å². The zero-order valence-corrected chi connectivity index (χ0v) is 18.0. The molecule has 2 aromatic carbocycles. The molecule has 0 saturated heterocycles. The van der Waals surface area contributed by atoms with Crippen molar-refractivity contribution in [2.24, 2.45) is 0 Å². The van der Waals surface area contributed by atoms with Crippen LogP contribution >= 0.6 is 11.8 Å². The number of thioether (sulfide) groups is 1. The number of carbonyl (C=O) groups excluding carboxylic acids is 3. The molecule has 2 rings (SSSR count). The third-order valence-corrected chi connectivity index (χ3v) is 5.27. The number of nitrogens with zero attached hydrogens (tertiary/aromatic N) is 1. The van der Waals surface area contributed by atoms with E-state index in [9.17, 15) is 14.4 Å². The van der Waals surface area contributed by atoms with Crippen LogP contribution < -0.4 is 15.8 Å². The van der Waals surface area contributed by atoms with E-state index in [0.717, 1.165) is 23.7 Å². The van der Waals surface area contributed by atoms with Gasteiger partial charge in [-0.05, 0) is 50.2 Å². The van der Waals surface area contributed by atoms with Gasteiger partial charge in [0.25, 0.3) is 11.8 Å². The van der Waals surface area contributed by atoms with Crippen molar-refractivity contribution >= 4 is 35.2 Å². The molecule has 0 spiro atoms. The lowest BCUT2D eigenvalue weighted by atomic mass is 10.2. The van der Waals surface area contributed by atoms with E-state index in [4.69, 9.17) is 4.74 Å². The van der Waals surface area contributed by atoms with Crippen LogP contribution in [0.5, 0.6) is 0 Å². The SMILES string of the molecule is CCN(CC)c1ccc(C(=O)NNC(=O)COC(=O)CCSc2ccccc2)cc1. The fraction of sp³-hybridized carbons (Fsp3) is 0.318. The summed E-state index contributed by atoms with van der Waals surface area (Å²) in [4.78, 5) is 38.9. The number of benzene rings is 2. The summed E-state index contributed by atoms with van der Waals surface area (Å²) in [7, 11) is 0. The van der Waals surface area contributed by atoms with Crippen molar-refractivity contribution in [3.8, 4) is 0 Å². The number of hydrogen-bond acceptors (Lipinski definition) is 6. The average Bonchev–Trinajstić information content (AvgIpc) is 2.78. The summed E-state index contributed by atoms with van der Waals surface area (Å²) < 4.78 is 4.93. The highest BCUT2D eigenvalue weighted by Gasteiger charge is 2.11. The van der Waals surface area contributed by atoms with E-state index in [-0.39, 0.29) is 6.42 Å². The maximum absolute atomic E-state index is 12.1. The van der Waals surface area contributed by atoms with E-state index in [1.807, 2.05) is 42.5 Å². The summed E-state index contributed by atoms with van der Waals surface area (Å²) in [6, 6.07) is 16.8. The van der Waals surface area contributed by atoms with Crippen LogP contribution in [0, 0.1) is 0 Å². The topological polar surface area (TPSA) is 87.7 Å².